The third kappa shape index (κ3) is 3.21. The van der Waals surface area contributed by atoms with E-state index in [1.807, 2.05) is 36.4 Å². The number of rotatable bonds is 1. The Morgan fingerprint density at radius 1 is 0.824 bits per heavy atom. The van der Waals surface area contributed by atoms with Crippen molar-refractivity contribution in [3.63, 3.8) is 0 Å². The summed E-state index contributed by atoms with van der Waals surface area (Å²) in [6.07, 6.45) is 0. The van der Waals surface area contributed by atoms with E-state index in [2.05, 4.69) is 30.9 Å². The Hall–Kier alpha value is -2.04. The predicted molar refractivity (Wildman–Crippen MR) is 71.5 cm³/mol. The summed E-state index contributed by atoms with van der Waals surface area (Å²) < 4.78 is 0. The van der Waals surface area contributed by atoms with Gasteiger partial charge in [-0.3, -0.25) is 0 Å². The van der Waals surface area contributed by atoms with Crippen molar-refractivity contribution in [1.29, 1.82) is 0 Å². The third-order valence-corrected chi connectivity index (χ3v) is 2.59. The fourth-order valence-corrected chi connectivity index (χ4v) is 1.51. The van der Waals surface area contributed by atoms with Gasteiger partial charge in [0.15, 0.2) is 0 Å². The van der Waals surface area contributed by atoms with Gasteiger partial charge in [0.1, 0.15) is 0 Å². The van der Waals surface area contributed by atoms with Crippen LogP contribution in [-0.4, -0.2) is 0 Å². The molecule has 0 saturated heterocycles. The smallest absolute Gasteiger partial charge is 0.0249 e. The lowest BCUT2D eigenvalue weighted by Gasteiger charge is -1.95. The van der Waals surface area contributed by atoms with E-state index < -0.39 is 0 Å². The molecule has 1 nitrogen and oxygen atoms in total. The summed E-state index contributed by atoms with van der Waals surface area (Å²) >= 11 is 0. The second-order valence-electron chi connectivity index (χ2n) is 4.02. The van der Waals surface area contributed by atoms with E-state index in [-0.39, 0.29) is 0 Å². The summed E-state index contributed by atoms with van der Waals surface area (Å²) in [5.41, 5.74) is 9.98. The summed E-state index contributed by atoms with van der Waals surface area (Å²) in [5, 5.41) is 0. The van der Waals surface area contributed by atoms with E-state index in [0.717, 1.165) is 16.7 Å². The van der Waals surface area contributed by atoms with Crippen LogP contribution in [-0.2, 0) is 6.54 Å². The molecule has 0 heterocycles. The van der Waals surface area contributed by atoms with Crippen molar-refractivity contribution in [2.24, 2.45) is 5.73 Å². The second-order valence-corrected chi connectivity index (χ2v) is 4.02. The Morgan fingerprint density at radius 2 is 1.29 bits per heavy atom. The van der Waals surface area contributed by atoms with Crippen molar-refractivity contribution in [3.05, 3.63) is 70.8 Å². The topological polar surface area (TPSA) is 26.0 Å². The van der Waals surface area contributed by atoms with Crippen molar-refractivity contribution < 1.29 is 0 Å². The standard InChI is InChI=1S/C16H15N/c1-13-2-4-14(5-3-13)6-7-15-8-10-16(12-17)11-9-15/h2-5,8-11H,12,17H2,1H3. The first-order valence-corrected chi connectivity index (χ1v) is 5.65. The van der Waals surface area contributed by atoms with E-state index in [1.165, 1.54) is 5.56 Å². The van der Waals surface area contributed by atoms with Gasteiger partial charge in [0.25, 0.3) is 0 Å². The van der Waals surface area contributed by atoms with Gasteiger partial charge in [-0.15, -0.1) is 0 Å². The molecule has 0 radical (unpaired) electrons. The number of aryl methyl sites for hydroxylation is 1. The SMILES string of the molecule is Cc1ccc(C#Cc2ccc(CN)cc2)cc1. The molecule has 0 bridgehead atoms. The van der Waals surface area contributed by atoms with Crippen LogP contribution in [0.4, 0.5) is 0 Å². The Kier molecular flexibility index (Phi) is 3.59. The highest BCUT2D eigenvalue weighted by molar-refractivity contribution is 5.43. The second kappa shape index (κ2) is 5.34. The molecular formula is C16H15N. The summed E-state index contributed by atoms with van der Waals surface area (Å²) in [4.78, 5) is 0. The maximum absolute atomic E-state index is 5.54. The van der Waals surface area contributed by atoms with Crippen LogP contribution in [0.15, 0.2) is 48.5 Å². The minimum absolute atomic E-state index is 0.575. The van der Waals surface area contributed by atoms with Crippen LogP contribution >= 0.6 is 0 Å². The van der Waals surface area contributed by atoms with E-state index >= 15 is 0 Å². The van der Waals surface area contributed by atoms with Crippen LogP contribution in [0.3, 0.4) is 0 Å². The van der Waals surface area contributed by atoms with Crippen molar-refractivity contribution >= 4 is 0 Å². The zero-order chi connectivity index (χ0) is 12.1. The van der Waals surface area contributed by atoms with Gasteiger partial charge in [0.05, 0.1) is 0 Å². The Morgan fingerprint density at radius 3 is 1.76 bits per heavy atom. The normalized spacial score (nSPS) is 9.53. The highest BCUT2D eigenvalue weighted by Gasteiger charge is 1.90. The molecule has 0 unspecified atom stereocenters. The zero-order valence-corrected chi connectivity index (χ0v) is 9.90. The Balaban J connectivity index is 2.17. The summed E-state index contributed by atoms with van der Waals surface area (Å²) in [7, 11) is 0. The summed E-state index contributed by atoms with van der Waals surface area (Å²) in [6, 6.07) is 16.3. The zero-order valence-electron chi connectivity index (χ0n) is 9.90. The first-order chi connectivity index (χ1) is 8.28. The molecule has 2 rings (SSSR count). The molecule has 0 aliphatic carbocycles. The fraction of sp³-hybridized carbons (Fsp3) is 0.125. The van der Waals surface area contributed by atoms with Gasteiger partial charge >= 0.3 is 0 Å². The number of nitrogens with two attached hydrogens (primary N) is 1. The quantitative estimate of drug-likeness (QED) is 0.736. The van der Waals surface area contributed by atoms with Gasteiger partial charge in [-0.1, -0.05) is 41.7 Å². The molecule has 2 aromatic carbocycles. The molecule has 0 amide bonds. The van der Waals surface area contributed by atoms with Gasteiger partial charge in [-0.25, -0.2) is 0 Å². The van der Waals surface area contributed by atoms with Gasteiger partial charge < -0.3 is 5.73 Å². The molecular weight excluding hydrogens is 206 g/mol. The minimum Gasteiger partial charge on any atom is -0.326 e. The molecule has 2 aromatic rings. The van der Waals surface area contributed by atoms with Gasteiger partial charge in [0.2, 0.25) is 0 Å². The lowest BCUT2D eigenvalue weighted by Crippen LogP contribution is -1.95. The molecule has 84 valence electrons. The maximum atomic E-state index is 5.54. The minimum atomic E-state index is 0.575. The van der Waals surface area contributed by atoms with Crippen LogP contribution in [0.2, 0.25) is 0 Å². The third-order valence-electron chi connectivity index (χ3n) is 2.59. The van der Waals surface area contributed by atoms with Crippen molar-refractivity contribution in [2.75, 3.05) is 0 Å². The molecule has 0 saturated carbocycles. The molecule has 0 aromatic heterocycles. The highest BCUT2D eigenvalue weighted by Crippen LogP contribution is 2.04. The van der Waals surface area contributed by atoms with Crippen LogP contribution < -0.4 is 5.73 Å². The summed E-state index contributed by atoms with van der Waals surface area (Å²) in [5.74, 6) is 6.29. The van der Waals surface area contributed by atoms with Crippen molar-refractivity contribution in [3.8, 4) is 11.8 Å². The van der Waals surface area contributed by atoms with E-state index in [0.29, 0.717) is 6.54 Å². The largest absolute Gasteiger partial charge is 0.326 e. The molecule has 0 aliphatic rings. The first-order valence-electron chi connectivity index (χ1n) is 5.65. The Bertz CT molecular complexity index is 539. The van der Waals surface area contributed by atoms with Crippen LogP contribution in [0.25, 0.3) is 0 Å². The van der Waals surface area contributed by atoms with E-state index in [1.54, 1.807) is 0 Å². The summed E-state index contributed by atoms with van der Waals surface area (Å²) in [6.45, 7) is 2.65. The maximum Gasteiger partial charge on any atom is 0.0249 e. The molecule has 0 spiro atoms. The van der Waals surface area contributed by atoms with Crippen LogP contribution in [0.1, 0.15) is 22.3 Å². The van der Waals surface area contributed by atoms with E-state index in [4.69, 9.17) is 5.73 Å². The van der Waals surface area contributed by atoms with Crippen molar-refractivity contribution in [2.45, 2.75) is 13.5 Å². The molecule has 0 fully saturated rings. The lowest BCUT2D eigenvalue weighted by molar-refractivity contribution is 1.07. The van der Waals surface area contributed by atoms with E-state index in [9.17, 15) is 0 Å². The average Bonchev–Trinajstić information content (AvgIpc) is 2.39. The Labute approximate surface area is 102 Å². The molecule has 17 heavy (non-hydrogen) atoms. The molecule has 0 aliphatic heterocycles. The van der Waals surface area contributed by atoms with Gasteiger partial charge in [0, 0.05) is 17.7 Å². The predicted octanol–water partition coefficient (Wildman–Crippen LogP) is 2.85. The highest BCUT2D eigenvalue weighted by atomic mass is 14.5. The molecule has 0 atom stereocenters. The van der Waals surface area contributed by atoms with Crippen LogP contribution in [0, 0.1) is 18.8 Å². The molecule has 2 N–H and O–H groups in total. The average molecular weight is 221 g/mol. The fourth-order valence-electron chi connectivity index (χ4n) is 1.51. The van der Waals surface area contributed by atoms with Crippen LogP contribution in [0.5, 0.6) is 0 Å². The van der Waals surface area contributed by atoms with Gasteiger partial charge in [-0.2, -0.15) is 0 Å². The lowest BCUT2D eigenvalue weighted by atomic mass is 10.1. The number of hydrogen-bond donors (Lipinski definition) is 1. The van der Waals surface area contributed by atoms with Crippen molar-refractivity contribution in [1.82, 2.24) is 0 Å². The molecule has 1 heteroatoms. The first kappa shape index (κ1) is 11.4. The number of benzene rings is 2. The van der Waals surface area contributed by atoms with Gasteiger partial charge in [-0.05, 0) is 36.8 Å². The number of hydrogen-bond acceptors (Lipinski definition) is 1. The monoisotopic (exact) mass is 221 g/mol.